The van der Waals surface area contributed by atoms with Crippen LogP contribution in [0.5, 0.6) is 5.88 Å². The molecular formula is C59H104N3O12S+. The van der Waals surface area contributed by atoms with Crippen molar-refractivity contribution >= 4 is 47.3 Å². The van der Waals surface area contributed by atoms with Crippen molar-refractivity contribution in [1.82, 2.24) is 8.75 Å². The van der Waals surface area contributed by atoms with Gasteiger partial charge in [0.1, 0.15) is 32.1 Å². The molecule has 1 aromatic heterocycles. The molecule has 1 aliphatic heterocycles. The average Bonchev–Trinajstić information content (AvgIpc) is 3.87. The Balaban J connectivity index is 1.71. The van der Waals surface area contributed by atoms with Crippen LogP contribution in [0.2, 0.25) is 0 Å². The molecule has 75 heavy (non-hydrogen) atoms. The maximum atomic E-state index is 12.9. The van der Waals surface area contributed by atoms with E-state index in [4.69, 9.17) is 33.2 Å². The molecule has 15 nitrogen and oxygen atoms in total. The lowest BCUT2D eigenvalue weighted by atomic mass is 10.0. The minimum absolute atomic E-state index is 0.0536. The highest BCUT2D eigenvalue weighted by atomic mass is 32.1. The minimum Gasteiger partial charge on any atom is -0.475 e. The van der Waals surface area contributed by atoms with Gasteiger partial charge in [-0.3, -0.25) is 23.7 Å². The van der Waals surface area contributed by atoms with Crippen molar-refractivity contribution in [3.8, 4) is 5.88 Å². The fraction of sp³-hybridized carbons (Fsp3) is 0.847. The summed E-state index contributed by atoms with van der Waals surface area (Å²) in [5, 5.41) is 0. The number of carbonyl (C=O) groups is 5. The molecule has 1 aromatic rings. The molecule has 0 aromatic carbocycles. The molecule has 0 N–H and O–H groups in total. The summed E-state index contributed by atoms with van der Waals surface area (Å²) in [6, 6.07) is 0. The molecule has 2 atom stereocenters. The van der Waals surface area contributed by atoms with Gasteiger partial charge in [-0.1, -0.05) is 207 Å². The number of rotatable bonds is 49. The summed E-state index contributed by atoms with van der Waals surface area (Å²) in [5.41, 5.74) is 1.75. The van der Waals surface area contributed by atoms with Crippen molar-refractivity contribution in [3.05, 3.63) is 11.8 Å². The summed E-state index contributed by atoms with van der Waals surface area (Å²) in [5.74, 6) is -1.86. The van der Waals surface area contributed by atoms with Crippen LogP contribution in [0.15, 0.2) is 6.08 Å². The van der Waals surface area contributed by atoms with Crippen molar-refractivity contribution in [3.63, 3.8) is 0 Å². The van der Waals surface area contributed by atoms with E-state index in [1.165, 1.54) is 122 Å². The predicted octanol–water partition coefficient (Wildman–Crippen LogP) is 14.8. The van der Waals surface area contributed by atoms with Gasteiger partial charge < -0.3 is 33.2 Å². The highest BCUT2D eigenvalue weighted by Crippen LogP contribution is 2.30. The van der Waals surface area contributed by atoms with Gasteiger partial charge in [0.15, 0.2) is 6.10 Å². The third-order valence-electron chi connectivity index (χ3n) is 13.8. The van der Waals surface area contributed by atoms with Crippen LogP contribution in [0.25, 0.3) is 5.57 Å². The summed E-state index contributed by atoms with van der Waals surface area (Å²) >= 11 is 1.12. The van der Waals surface area contributed by atoms with E-state index < -0.39 is 24.2 Å². The fourth-order valence-electron chi connectivity index (χ4n) is 9.12. The van der Waals surface area contributed by atoms with E-state index in [1.807, 2.05) is 7.05 Å². The molecule has 0 saturated carbocycles. The Morgan fingerprint density at radius 2 is 1.01 bits per heavy atom. The lowest BCUT2D eigenvalue weighted by Crippen LogP contribution is -2.49. The van der Waals surface area contributed by atoms with Crippen molar-refractivity contribution in [2.24, 2.45) is 5.92 Å². The number of likely N-dealkylation sites (N-methyl/N-ethyl adjacent to an activating group) is 1. The first-order chi connectivity index (χ1) is 36.5. The number of ether oxygens (including phenoxy) is 7. The number of carbonyl (C=O) groups excluding carboxylic acids is 5. The summed E-state index contributed by atoms with van der Waals surface area (Å²) in [6.07, 6.45) is 37.1. The minimum atomic E-state index is -0.998. The zero-order chi connectivity index (χ0) is 54.5. The molecule has 2 unspecified atom stereocenters. The first-order valence-corrected chi connectivity index (χ1v) is 30.7. The normalized spacial score (nSPS) is 14.8. The molecular weight excluding hydrogens is 975 g/mol. The van der Waals surface area contributed by atoms with Gasteiger partial charge in [0, 0.05) is 30.8 Å². The number of hydrogen-bond acceptors (Lipinski definition) is 15. The first kappa shape index (κ1) is 67.3. The monoisotopic (exact) mass is 1080 g/mol. The molecule has 0 spiro atoms. The van der Waals surface area contributed by atoms with Gasteiger partial charge in [-0.2, -0.15) is 4.37 Å². The Labute approximate surface area is 457 Å². The zero-order valence-corrected chi connectivity index (χ0v) is 48.6. The summed E-state index contributed by atoms with van der Waals surface area (Å²) in [6.45, 7) is 9.65. The second kappa shape index (κ2) is 45.3. The van der Waals surface area contributed by atoms with E-state index in [1.54, 1.807) is 6.92 Å². The molecule has 16 heteroatoms. The topological polar surface area (TPSA) is 176 Å². The van der Waals surface area contributed by atoms with Crippen LogP contribution in [0, 0.1) is 5.92 Å². The smallest absolute Gasteiger partial charge is 0.475 e. The quantitative estimate of drug-likeness (QED) is 0.0261. The van der Waals surface area contributed by atoms with Crippen molar-refractivity contribution in [2.75, 3.05) is 59.9 Å². The molecule has 0 fully saturated rings. The number of esters is 4. The molecule has 0 aliphatic carbocycles. The summed E-state index contributed by atoms with van der Waals surface area (Å²) < 4.78 is 48.0. The Morgan fingerprint density at radius 1 is 0.533 bits per heavy atom. The van der Waals surface area contributed by atoms with Crippen LogP contribution < -0.4 is 4.74 Å². The van der Waals surface area contributed by atoms with E-state index in [-0.39, 0.29) is 76.7 Å². The standard InChI is InChI=1S/C59H104N3O12S/c1-6-9-12-15-17-19-21-23-25-27-29-31-33-38-53(63)70-47-52(48-71-54(64)39-34-32-30-28-26-24-22-20-18-16-13-10-7-2)74-55(65)40-43-68-56(66)44-50(4)46-72-59(67)73-49-62(5)41-36-37-51(45-62)57-58(61-75-60-57)69-42-35-14-11-8-3/h37,50,52H,6-36,38-49H2,1-5H3/q+1. The van der Waals surface area contributed by atoms with Crippen LogP contribution in [-0.2, 0) is 47.6 Å². The zero-order valence-electron chi connectivity index (χ0n) is 47.8. The molecule has 2 heterocycles. The van der Waals surface area contributed by atoms with Gasteiger partial charge in [-0.25, -0.2) is 4.79 Å². The van der Waals surface area contributed by atoms with E-state index in [0.29, 0.717) is 23.5 Å². The molecule has 432 valence electrons. The molecule has 2 rings (SSSR count). The summed E-state index contributed by atoms with van der Waals surface area (Å²) in [7, 11) is 2.01. The van der Waals surface area contributed by atoms with E-state index >= 15 is 0 Å². The Kier molecular flexibility index (Phi) is 40.6. The second-order valence-electron chi connectivity index (χ2n) is 21.4. The third kappa shape index (κ3) is 36.8. The van der Waals surface area contributed by atoms with Crippen LogP contribution in [0.4, 0.5) is 4.79 Å². The molecule has 0 amide bonds. The van der Waals surface area contributed by atoms with Gasteiger partial charge in [0.05, 0.1) is 51.4 Å². The number of nitrogens with zero attached hydrogens (tertiary/aromatic N) is 3. The van der Waals surface area contributed by atoms with Gasteiger partial charge in [-0.15, -0.1) is 4.37 Å². The fourth-order valence-corrected chi connectivity index (χ4v) is 9.65. The Bertz CT molecular complexity index is 1630. The van der Waals surface area contributed by atoms with Crippen molar-refractivity contribution in [2.45, 2.75) is 259 Å². The highest BCUT2D eigenvalue weighted by Gasteiger charge is 2.32. The summed E-state index contributed by atoms with van der Waals surface area (Å²) in [4.78, 5) is 63.6. The predicted molar refractivity (Wildman–Crippen MR) is 297 cm³/mol. The molecule has 0 radical (unpaired) electrons. The van der Waals surface area contributed by atoms with Crippen LogP contribution in [-0.4, -0.2) is 109 Å². The van der Waals surface area contributed by atoms with Crippen molar-refractivity contribution < 1.29 is 61.6 Å². The largest absolute Gasteiger partial charge is 0.512 e. The molecule has 0 bridgehead atoms. The average molecular weight is 1080 g/mol. The maximum Gasteiger partial charge on any atom is 0.512 e. The van der Waals surface area contributed by atoms with Gasteiger partial charge in [0.25, 0.3) is 5.88 Å². The van der Waals surface area contributed by atoms with E-state index in [9.17, 15) is 24.0 Å². The van der Waals surface area contributed by atoms with Gasteiger partial charge in [0.2, 0.25) is 6.73 Å². The Hall–Kier alpha value is -3.79. The lowest BCUT2D eigenvalue weighted by molar-refractivity contribution is -0.919. The molecule has 1 aliphatic rings. The first-order valence-electron chi connectivity index (χ1n) is 29.9. The third-order valence-corrected chi connectivity index (χ3v) is 14.3. The lowest BCUT2D eigenvalue weighted by Gasteiger charge is -2.36. The van der Waals surface area contributed by atoms with Gasteiger partial charge in [-0.05, 0) is 19.3 Å². The highest BCUT2D eigenvalue weighted by molar-refractivity contribution is 6.99. The van der Waals surface area contributed by atoms with Crippen LogP contribution in [0.3, 0.4) is 0 Å². The van der Waals surface area contributed by atoms with Crippen LogP contribution in [0.1, 0.15) is 258 Å². The number of quaternary nitrogens is 1. The van der Waals surface area contributed by atoms with Crippen molar-refractivity contribution in [1.29, 1.82) is 0 Å². The SMILES string of the molecule is CCCCCCCCCCCCCCCC(=O)OCC(COC(=O)CCCCCCCCCCCCCCC)OC(=O)CCOC(=O)CC(C)COC(=O)OC[N+]1(C)CCC=C(c2nsnc2OCCCCCC)C1. The Morgan fingerprint density at radius 3 is 1.52 bits per heavy atom. The maximum absolute atomic E-state index is 12.9. The number of hydrogen-bond donors (Lipinski definition) is 0. The second-order valence-corrected chi connectivity index (χ2v) is 22.0. The number of unbranched alkanes of at least 4 members (excludes halogenated alkanes) is 27. The van der Waals surface area contributed by atoms with E-state index in [0.717, 1.165) is 107 Å². The van der Waals surface area contributed by atoms with Gasteiger partial charge >= 0.3 is 30.0 Å². The van der Waals surface area contributed by atoms with E-state index in [2.05, 4.69) is 35.6 Å². The number of aromatic nitrogens is 2. The molecule has 0 saturated heterocycles. The van der Waals surface area contributed by atoms with Crippen LogP contribution >= 0.6 is 11.7 Å².